The molecule has 1 rings (SSSR count). The van der Waals surface area contributed by atoms with Crippen LogP contribution in [-0.4, -0.2) is 29.3 Å². The molecule has 0 heterocycles. The van der Waals surface area contributed by atoms with E-state index in [0.717, 1.165) is 25.9 Å². The number of unbranched alkanes of at least 4 members (excludes halogenated alkanes) is 5. The summed E-state index contributed by atoms with van der Waals surface area (Å²) in [5, 5.41) is 0.279. The molecule has 1 unspecified atom stereocenters. The molecule has 0 saturated heterocycles. The van der Waals surface area contributed by atoms with E-state index in [1.54, 1.807) is 5.57 Å². The lowest BCUT2D eigenvalue weighted by Crippen LogP contribution is -2.41. The van der Waals surface area contributed by atoms with Crippen LogP contribution in [0.15, 0.2) is 29.5 Å². The van der Waals surface area contributed by atoms with Crippen molar-refractivity contribution < 1.29 is 8.85 Å². The summed E-state index contributed by atoms with van der Waals surface area (Å²) in [6.07, 6.45) is 21.3. The normalized spacial score (nSPS) is 18.8. The third-order valence-corrected chi connectivity index (χ3v) is 18.3. The fraction of sp³-hybridized carbons (Fsp3) is 0.844. The van der Waals surface area contributed by atoms with E-state index in [9.17, 15) is 0 Å². The van der Waals surface area contributed by atoms with Crippen LogP contribution in [0.25, 0.3) is 0 Å². The minimum absolute atomic E-state index is 0.279. The van der Waals surface area contributed by atoms with Crippen molar-refractivity contribution in [1.82, 2.24) is 0 Å². The van der Waals surface area contributed by atoms with Crippen LogP contribution in [0.5, 0.6) is 0 Å². The molecule has 0 amide bonds. The highest BCUT2D eigenvalue weighted by molar-refractivity contribution is 6.74. The molecular weight excluding hydrogens is 473 g/mol. The van der Waals surface area contributed by atoms with Crippen LogP contribution in [0.3, 0.4) is 0 Å². The summed E-state index contributed by atoms with van der Waals surface area (Å²) in [5.41, 5.74) is 5.15. The van der Waals surface area contributed by atoms with Gasteiger partial charge in [0.2, 0.25) is 0 Å². The van der Waals surface area contributed by atoms with Crippen molar-refractivity contribution in [2.75, 3.05) is 6.61 Å². The highest BCUT2D eigenvalue weighted by atomic mass is 28.4. The van der Waals surface area contributed by atoms with Gasteiger partial charge >= 0.3 is 0 Å². The first-order valence-corrected chi connectivity index (χ1v) is 20.9. The lowest BCUT2D eigenvalue weighted by molar-refractivity contribution is 0.146. The molecular formula is C32H62O2Si2. The molecule has 0 aromatic heterocycles. The Morgan fingerprint density at radius 2 is 1.53 bits per heavy atom. The zero-order valence-electron chi connectivity index (χ0n) is 25.8. The Bertz CT molecular complexity index is 670. The van der Waals surface area contributed by atoms with Crippen LogP contribution in [0.2, 0.25) is 36.3 Å². The molecule has 1 aliphatic rings. The number of hydrogen-bond donors (Lipinski definition) is 0. The van der Waals surface area contributed by atoms with Gasteiger partial charge in [0.15, 0.2) is 16.6 Å². The van der Waals surface area contributed by atoms with Crippen molar-refractivity contribution in [2.24, 2.45) is 5.92 Å². The molecule has 210 valence electrons. The molecule has 4 heteroatoms. The van der Waals surface area contributed by atoms with E-state index in [0.29, 0.717) is 12.0 Å². The van der Waals surface area contributed by atoms with Crippen LogP contribution in [0, 0.1) is 5.92 Å². The Morgan fingerprint density at radius 3 is 2.14 bits per heavy atom. The van der Waals surface area contributed by atoms with Gasteiger partial charge in [-0.3, -0.25) is 0 Å². The molecule has 0 aromatic rings. The van der Waals surface area contributed by atoms with Crippen molar-refractivity contribution in [3.63, 3.8) is 0 Å². The predicted octanol–water partition coefficient (Wildman–Crippen LogP) is 11.0. The van der Waals surface area contributed by atoms with Gasteiger partial charge in [-0.2, -0.15) is 0 Å². The summed E-state index contributed by atoms with van der Waals surface area (Å²) in [6, 6.07) is 3.74. The second-order valence-electron chi connectivity index (χ2n) is 12.6. The van der Waals surface area contributed by atoms with Crippen LogP contribution in [-0.2, 0) is 8.85 Å². The Hall–Kier alpha value is -0.386. The summed E-state index contributed by atoms with van der Waals surface area (Å²) in [7, 11) is -3.22. The highest BCUT2D eigenvalue weighted by Gasteiger charge is 2.38. The van der Waals surface area contributed by atoms with Crippen molar-refractivity contribution >= 4 is 16.6 Å². The Morgan fingerprint density at radius 1 is 0.917 bits per heavy atom. The first-order valence-electron chi connectivity index (χ1n) is 15.5. The highest BCUT2D eigenvalue weighted by Crippen LogP contribution is 2.39. The van der Waals surface area contributed by atoms with Crippen LogP contribution in [0.4, 0.5) is 0 Å². The zero-order chi connectivity index (χ0) is 27.1. The summed E-state index contributed by atoms with van der Waals surface area (Å²) >= 11 is 0. The van der Waals surface area contributed by atoms with Gasteiger partial charge < -0.3 is 8.85 Å². The molecule has 0 spiro atoms. The van der Waals surface area contributed by atoms with Crippen molar-refractivity contribution in [1.29, 1.82) is 0 Å². The van der Waals surface area contributed by atoms with Crippen molar-refractivity contribution in [2.45, 2.75) is 161 Å². The molecule has 1 aliphatic carbocycles. The van der Waals surface area contributed by atoms with Gasteiger partial charge in [0, 0.05) is 12.5 Å². The standard InChI is InChI=1S/C32H62O2Si2/c1-10-14-15-16-18-21-24-29-26-27-31(34-36(11-2,12-3)13-4)30(29)25-22-19-17-20-23-28-33-35(8,9)32(5,6)7/h19-20,26,30-31H,10-16,18,21-25,27-28H2,1-9H3/t17?,30-,31?/m1/s1. The summed E-state index contributed by atoms with van der Waals surface area (Å²) in [4.78, 5) is 0. The van der Waals surface area contributed by atoms with Crippen molar-refractivity contribution in [3.8, 4) is 0 Å². The number of rotatable bonds is 19. The van der Waals surface area contributed by atoms with Gasteiger partial charge in [-0.1, -0.05) is 92.2 Å². The van der Waals surface area contributed by atoms with Crippen LogP contribution >= 0.6 is 0 Å². The molecule has 0 radical (unpaired) electrons. The maximum atomic E-state index is 7.05. The Labute approximate surface area is 228 Å². The fourth-order valence-corrected chi connectivity index (χ4v) is 9.11. The lowest BCUT2D eigenvalue weighted by atomic mass is 9.90. The van der Waals surface area contributed by atoms with Crippen LogP contribution in [0.1, 0.15) is 119 Å². The minimum atomic E-state index is -1.64. The lowest BCUT2D eigenvalue weighted by Gasteiger charge is -2.36. The maximum absolute atomic E-state index is 7.05. The topological polar surface area (TPSA) is 18.5 Å². The molecule has 36 heavy (non-hydrogen) atoms. The molecule has 0 aromatic carbocycles. The summed E-state index contributed by atoms with van der Waals surface area (Å²) < 4.78 is 13.3. The third-order valence-electron chi connectivity index (χ3n) is 9.08. The van der Waals surface area contributed by atoms with E-state index in [1.807, 2.05) is 0 Å². The second kappa shape index (κ2) is 17.3. The van der Waals surface area contributed by atoms with Gasteiger partial charge in [-0.15, -0.1) is 5.73 Å². The molecule has 0 aliphatic heterocycles. The smallest absolute Gasteiger partial charge is 0.192 e. The Balaban J connectivity index is 2.64. The second-order valence-corrected chi connectivity index (χ2v) is 22.1. The largest absolute Gasteiger partial charge is 0.416 e. The SMILES string of the molecule is CCCCCCCCC1=CCC(O[Si](CC)(CC)CC)[C@@H]1CCC=C=CCCO[Si](C)(C)C(C)(C)C. The quantitative estimate of drug-likeness (QED) is 0.0710. The third kappa shape index (κ3) is 11.6. The van der Waals surface area contributed by atoms with E-state index in [1.165, 1.54) is 69.5 Å². The van der Waals surface area contributed by atoms with E-state index in [-0.39, 0.29) is 5.04 Å². The molecule has 0 N–H and O–H groups in total. The van der Waals surface area contributed by atoms with Crippen molar-refractivity contribution in [3.05, 3.63) is 29.5 Å². The molecule has 2 atom stereocenters. The molecule has 0 saturated carbocycles. The predicted molar refractivity (Wildman–Crippen MR) is 166 cm³/mol. The van der Waals surface area contributed by atoms with E-state index < -0.39 is 16.6 Å². The summed E-state index contributed by atoms with van der Waals surface area (Å²) in [5.74, 6) is 0.608. The monoisotopic (exact) mass is 534 g/mol. The first kappa shape index (κ1) is 33.6. The summed E-state index contributed by atoms with van der Waals surface area (Å²) in [6.45, 7) is 21.8. The maximum Gasteiger partial charge on any atom is 0.192 e. The van der Waals surface area contributed by atoms with Gasteiger partial charge in [0.05, 0.1) is 6.10 Å². The van der Waals surface area contributed by atoms with Gasteiger partial charge in [-0.05, 0) is 86.9 Å². The average molecular weight is 535 g/mol. The Kier molecular flexibility index (Phi) is 16.1. The van der Waals surface area contributed by atoms with Gasteiger partial charge in [0.25, 0.3) is 0 Å². The van der Waals surface area contributed by atoms with E-state index >= 15 is 0 Å². The molecule has 0 bridgehead atoms. The number of hydrogen-bond acceptors (Lipinski definition) is 2. The van der Waals surface area contributed by atoms with Crippen LogP contribution < -0.4 is 0 Å². The fourth-order valence-electron chi connectivity index (χ4n) is 5.14. The minimum Gasteiger partial charge on any atom is -0.416 e. The van der Waals surface area contributed by atoms with Gasteiger partial charge in [-0.25, -0.2) is 0 Å². The van der Waals surface area contributed by atoms with Gasteiger partial charge in [0.1, 0.15) is 0 Å². The zero-order valence-corrected chi connectivity index (χ0v) is 27.8. The average Bonchev–Trinajstić information content (AvgIpc) is 3.21. The van der Waals surface area contributed by atoms with E-state index in [2.05, 4.69) is 85.5 Å². The first-order chi connectivity index (χ1) is 17.1. The molecule has 2 nitrogen and oxygen atoms in total. The molecule has 0 fully saturated rings. The van der Waals surface area contributed by atoms with E-state index in [4.69, 9.17) is 8.85 Å².